The van der Waals surface area contributed by atoms with Gasteiger partial charge in [0.25, 0.3) is 0 Å². The Morgan fingerprint density at radius 3 is 1.49 bits per heavy atom. The van der Waals surface area contributed by atoms with Crippen molar-refractivity contribution >= 4 is 96.8 Å². The predicted molar refractivity (Wildman–Crippen MR) is 278 cm³/mol. The molecule has 0 atom stereocenters. The van der Waals surface area contributed by atoms with Crippen LogP contribution in [0.15, 0.2) is 218 Å². The van der Waals surface area contributed by atoms with E-state index in [2.05, 4.69) is 212 Å². The first kappa shape index (κ1) is 36.3. The van der Waals surface area contributed by atoms with Gasteiger partial charge in [-0.05, 0) is 128 Å². The van der Waals surface area contributed by atoms with Crippen molar-refractivity contribution in [2.24, 2.45) is 0 Å². The lowest BCUT2D eigenvalue weighted by molar-refractivity contribution is 1.18. The Morgan fingerprint density at radius 2 is 0.800 bits per heavy atom. The molecule has 14 rings (SSSR count). The Labute approximate surface area is 378 Å². The molecular formula is C62H36N2S. The molecule has 2 nitrogen and oxygen atoms in total. The second kappa shape index (κ2) is 14.1. The summed E-state index contributed by atoms with van der Waals surface area (Å²) in [6, 6.07) is 80.1. The molecule has 300 valence electrons. The molecule has 0 bridgehead atoms. The molecule has 2 aromatic heterocycles. The number of aromatic nitrogens is 2. The minimum Gasteiger partial charge on any atom is -0.228 e. The standard InChI is InChI=1S/C62H36N2S/c1-2-11-42(12-3-1)62-63-54(37-23-25-38(26-24-37)57-35-43-13-4-7-22-56(43)65-57)36-55(64-62)49-32-31-46(47-17-5-6-18-48(47)49)45-33-44-30-29-41-15-9-20-51-50-19-8-14-39-27-28-40-16-10-21-52(60(40)58(39)50)53(34-45)61(44)59(41)51/h1-36H. The summed E-state index contributed by atoms with van der Waals surface area (Å²) >= 11 is 1.83. The van der Waals surface area contributed by atoms with E-state index in [-0.39, 0.29) is 0 Å². The van der Waals surface area contributed by atoms with Gasteiger partial charge in [0.05, 0.1) is 11.4 Å². The van der Waals surface area contributed by atoms with Gasteiger partial charge >= 0.3 is 0 Å². The first-order chi connectivity index (χ1) is 32.2. The summed E-state index contributed by atoms with van der Waals surface area (Å²) in [6.45, 7) is 0. The number of benzene rings is 11. The minimum atomic E-state index is 0.706. The van der Waals surface area contributed by atoms with Crippen LogP contribution in [0.5, 0.6) is 0 Å². The molecule has 3 heteroatoms. The molecule has 12 aromatic carbocycles. The van der Waals surface area contributed by atoms with Crippen LogP contribution >= 0.6 is 11.3 Å². The number of fused-ring (bicyclic) bond motifs is 4. The van der Waals surface area contributed by atoms with Crippen molar-refractivity contribution in [3.63, 3.8) is 0 Å². The first-order valence-corrected chi connectivity index (χ1v) is 23.0. The SMILES string of the molecule is c1ccc(-c2nc(-c3ccc(-c4cc5ccccc5s4)cc3)cc(-c3ccc(-c4cc5ccc6cccc7c8cccc9ccc%10cccc(c(c4)c5c67)c%10c98)c4ccccc34)n2)cc1. The maximum absolute atomic E-state index is 5.31. The van der Waals surface area contributed by atoms with Gasteiger partial charge in [0, 0.05) is 26.3 Å². The lowest BCUT2D eigenvalue weighted by Crippen LogP contribution is -1.97. The molecular weight excluding hydrogens is 805 g/mol. The van der Waals surface area contributed by atoms with Crippen molar-refractivity contribution in [1.82, 2.24) is 9.97 Å². The van der Waals surface area contributed by atoms with Crippen molar-refractivity contribution in [2.75, 3.05) is 0 Å². The number of thiophene rings is 1. The third-order valence-corrected chi connectivity index (χ3v) is 14.7. The van der Waals surface area contributed by atoms with E-state index in [4.69, 9.17) is 9.97 Å². The second-order valence-electron chi connectivity index (χ2n) is 17.2. The molecule has 0 fully saturated rings. The minimum absolute atomic E-state index is 0.706. The van der Waals surface area contributed by atoms with E-state index in [0.29, 0.717) is 5.82 Å². The summed E-state index contributed by atoms with van der Waals surface area (Å²) in [5.41, 5.74) is 8.49. The zero-order chi connectivity index (χ0) is 42.6. The van der Waals surface area contributed by atoms with E-state index in [1.165, 1.54) is 102 Å². The molecule has 0 saturated heterocycles. The molecule has 0 N–H and O–H groups in total. The lowest BCUT2D eigenvalue weighted by atomic mass is 9.86. The number of hydrogen-bond donors (Lipinski definition) is 0. The molecule has 0 aliphatic heterocycles. The molecule has 0 spiro atoms. The van der Waals surface area contributed by atoms with E-state index in [0.717, 1.165) is 33.5 Å². The van der Waals surface area contributed by atoms with Gasteiger partial charge in [0.2, 0.25) is 0 Å². The van der Waals surface area contributed by atoms with Crippen LogP contribution in [0.3, 0.4) is 0 Å². The molecule has 65 heavy (non-hydrogen) atoms. The number of hydrogen-bond acceptors (Lipinski definition) is 3. The summed E-state index contributed by atoms with van der Waals surface area (Å²) < 4.78 is 1.30. The van der Waals surface area contributed by atoms with Gasteiger partial charge < -0.3 is 0 Å². The van der Waals surface area contributed by atoms with Crippen LogP contribution in [0.25, 0.3) is 141 Å². The highest BCUT2D eigenvalue weighted by Gasteiger charge is 2.19. The maximum atomic E-state index is 5.31. The molecule has 0 unspecified atom stereocenters. The Morgan fingerprint density at radius 1 is 0.277 bits per heavy atom. The molecule has 0 amide bonds. The van der Waals surface area contributed by atoms with Gasteiger partial charge in [0.1, 0.15) is 0 Å². The van der Waals surface area contributed by atoms with Crippen LogP contribution in [0.1, 0.15) is 0 Å². The van der Waals surface area contributed by atoms with E-state index in [1.54, 1.807) is 0 Å². The van der Waals surface area contributed by atoms with Crippen LogP contribution in [0, 0.1) is 0 Å². The highest BCUT2D eigenvalue weighted by Crippen LogP contribution is 2.46. The number of rotatable bonds is 5. The summed E-state index contributed by atoms with van der Waals surface area (Å²) in [7, 11) is 0. The van der Waals surface area contributed by atoms with E-state index >= 15 is 0 Å². The largest absolute Gasteiger partial charge is 0.228 e. The van der Waals surface area contributed by atoms with Crippen molar-refractivity contribution in [1.29, 1.82) is 0 Å². The topological polar surface area (TPSA) is 25.8 Å². The van der Waals surface area contributed by atoms with Gasteiger partial charge in [-0.25, -0.2) is 9.97 Å². The van der Waals surface area contributed by atoms with Crippen LogP contribution < -0.4 is 0 Å². The van der Waals surface area contributed by atoms with Crippen molar-refractivity contribution in [3.8, 4) is 55.5 Å². The maximum Gasteiger partial charge on any atom is 0.160 e. The lowest BCUT2D eigenvalue weighted by Gasteiger charge is -2.18. The van der Waals surface area contributed by atoms with Crippen molar-refractivity contribution in [2.45, 2.75) is 0 Å². The van der Waals surface area contributed by atoms with Crippen molar-refractivity contribution in [3.05, 3.63) is 218 Å². The van der Waals surface area contributed by atoms with Gasteiger partial charge in [-0.15, -0.1) is 11.3 Å². The first-order valence-electron chi connectivity index (χ1n) is 22.2. The van der Waals surface area contributed by atoms with Crippen LogP contribution in [-0.2, 0) is 0 Å². The predicted octanol–water partition coefficient (Wildman–Crippen LogP) is 17.5. The summed E-state index contributed by atoms with van der Waals surface area (Å²) in [5, 5.41) is 19.0. The van der Waals surface area contributed by atoms with Crippen LogP contribution in [0.4, 0.5) is 0 Å². The second-order valence-corrected chi connectivity index (χ2v) is 18.3. The van der Waals surface area contributed by atoms with Gasteiger partial charge in [-0.2, -0.15) is 0 Å². The third-order valence-electron chi connectivity index (χ3n) is 13.6. The van der Waals surface area contributed by atoms with Crippen LogP contribution in [-0.4, -0.2) is 9.97 Å². The highest BCUT2D eigenvalue weighted by atomic mass is 32.1. The average Bonchev–Trinajstić information content (AvgIpc) is 3.82. The Kier molecular flexibility index (Phi) is 7.89. The molecule has 0 aliphatic carbocycles. The monoisotopic (exact) mass is 840 g/mol. The fraction of sp³-hybridized carbons (Fsp3) is 0. The zero-order valence-corrected chi connectivity index (χ0v) is 35.9. The summed E-state index contributed by atoms with van der Waals surface area (Å²) in [4.78, 5) is 11.8. The van der Waals surface area contributed by atoms with E-state index in [9.17, 15) is 0 Å². The highest BCUT2D eigenvalue weighted by molar-refractivity contribution is 7.22. The van der Waals surface area contributed by atoms with Crippen molar-refractivity contribution < 1.29 is 0 Å². The average molecular weight is 841 g/mol. The fourth-order valence-corrected chi connectivity index (χ4v) is 11.7. The van der Waals surface area contributed by atoms with E-state index < -0.39 is 0 Å². The molecule has 0 radical (unpaired) electrons. The fourth-order valence-electron chi connectivity index (χ4n) is 10.6. The Balaban J connectivity index is 0.976. The molecule has 14 aromatic rings. The Hall–Kier alpha value is -8.24. The Bertz CT molecular complexity index is 4180. The smallest absolute Gasteiger partial charge is 0.160 e. The summed E-state index contributed by atoms with van der Waals surface area (Å²) in [6.07, 6.45) is 0. The number of nitrogens with zero attached hydrogens (tertiary/aromatic N) is 2. The molecule has 0 aliphatic rings. The molecule has 0 saturated carbocycles. The van der Waals surface area contributed by atoms with Gasteiger partial charge in [-0.3, -0.25) is 0 Å². The zero-order valence-electron chi connectivity index (χ0n) is 35.1. The van der Waals surface area contributed by atoms with Gasteiger partial charge in [0.15, 0.2) is 5.82 Å². The third kappa shape index (κ3) is 5.66. The van der Waals surface area contributed by atoms with Crippen LogP contribution in [0.2, 0.25) is 0 Å². The van der Waals surface area contributed by atoms with E-state index in [1.807, 2.05) is 17.4 Å². The van der Waals surface area contributed by atoms with Gasteiger partial charge in [-0.1, -0.05) is 188 Å². The summed E-state index contributed by atoms with van der Waals surface area (Å²) in [5.74, 6) is 0.706. The normalized spacial score (nSPS) is 12.0. The molecule has 2 heterocycles. The quantitative estimate of drug-likeness (QED) is 0.161.